The lowest BCUT2D eigenvalue weighted by Crippen LogP contribution is -2.16. The smallest absolute Gasteiger partial charge is 0.137 e. The van der Waals surface area contributed by atoms with E-state index in [1.807, 2.05) is 0 Å². The molecule has 5 aromatic heterocycles. The van der Waals surface area contributed by atoms with Crippen LogP contribution in [0.15, 0.2) is 376 Å². The Bertz CT molecular complexity index is 7420. The molecule has 6 heteroatoms. The third-order valence-corrected chi connectivity index (χ3v) is 23.3. The lowest BCUT2D eigenvalue weighted by Gasteiger charge is -2.28. The first-order chi connectivity index (χ1) is 53.8. The van der Waals surface area contributed by atoms with Crippen LogP contribution >= 0.6 is 0 Å². The molecular formula is C103H68N6. The van der Waals surface area contributed by atoms with E-state index < -0.39 is 0 Å². The van der Waals surface area contributed by atoms with Crippen LogP contribution in [0.2, 0.25) is 0 Å². The van der Waals surface area contributed by atoms with E-state index in [0.717, 1.165) is 50.4 Å². The monoisotopic (exact) mass is 1390 g/mol. The van der Waals surface area contributed by atoms with Crippen LogP contribution in [-0.2, 0) is 5.41 Å². The van der Waals surface area contributed by atoms with E-state index in [-0.39, 0.29) is 5.41 Å². The Morgan fingerprint density at radius 1 is 0.266 bits per heavy atom. The first kappa shape index (κ1) is 62.2. The van der Waals surface area contributed by atoms with Crippen molar-refractivity contribution in [2.24, 2.45) is 0 Å². The van der Waals surface area contributed by atoms with Gasteiger partial charge in [-0.05, 0) is 207 Å². The zero-order chi connectivity index (χ0) is 72.0. The number of rotatable bonds is 8. The molecule has 0 aliphatic heterocycles. The third kappa shape index (κ3) is 9.81. The summed E-state index contributed by atoms with van der Waals surface area (Å²) in [6, 6.07) is 133. The Labute approximate surface area is 629 Å². The quantitative estimate of drug-likeness (QED) is 0.142. The second-order valence-electron chi connectivity index (χ2n) is 29.6. The number of para-hydroxylation sites is 3. The van der Waals surface area contributed by atoms with Crippen LogP contribution in [0.25, 0.3) is 181 Å². The SMILES string of the molecule is CC1(C)c2ccccc2-c2ccc(N(c3ccccc3)c3ccc(-c4ccc(-c5ccc6c(c5)c5c7ccccc7ccc5c5nc7ccccn7c65)cc4)cc3)cc21.c1ccc2c(c1)ccc1c3nc4ccccn4c3c3ccc(-c4ccc(-c5ccc(-n6c7ccccc7c7ccccc76)cc5)cc4)cc3c21. The molecule has 109 heavy (non-hydrogen) atoms. The summed E-state index contributed by atoms with van der Waals surface area (Å²) in [4.78, 5) is 12.7. The van der Waals surface area contributed by atoms with Crippen LogP contribution < -0.4 is 4.90 Å². The summed E-state index contributed by atoms with van der Waals surface area (Å²) in [5, 5.41) is 17.3. The number of imidazole rings is 2. The number of hydrogen-bond donors (Lipinski definition) is 0. The van der Waals surface area contributed by atoms with Gasteiger partial charge in [-0.3, -0.25) is 8.80 Å². The third-order valence-electron chi connectivity index (χ3n) is 23.3. The number of anilines is 3. The average Bonchev–Trinajstić information content (AvgIpc) is 1.68. The Balaban J connectivity index is 0.000000137. The molecule has 0 bridgehead atoms. The molecule has 1 aliphatic carbocycles. The highest BCUT2D eigenvalue weighted by molar-refractivity contribution is 6.32. The molecule has 0 fully saturated rings. The maximum absolute atomic E-state index is 5.15. The minimum Gasteiger partial charge on any atom is -0.310 e. The fraction of sp³-hybridized carbons (Fsp3) is 0.0291. The molecule has 0 radical (unpaired) electrons. The molecular weight excluding hydrogens is 1320 g/mol. The Kier molecular flexibility index (Phi) is 13.9. The first-order valence-electron chi connectivity index (χ1n) is 37.6. The van der Waals surface area contributed by atoms with E-state index >= 15 is 0 Å². The van der Waals surface area contributed by atoms with Crippen LogP contribution in [0.3, 0.4) is 0 Å². The van der Waals surface area contributed by atoms with Gasteiger partial charge in [-0.25, -0.2) is 9.97 Å². The average molecular weight is 1390 g/mol. The van der Waals surface area contributed by atoms with Gasteiger partial charge in [0.15, 0.2) is 0 Å². The minimum absolute atomic E-state index is 0.0726. The molecule has 0 spiro atoms. The van der Waals surface area contributed by atoms with Crippen molar-refractivity contribution in [3.05, 3.63) is 388 Å². The fourth-order valence-electron chi connectivity index (χ4n) is 18.0. The number of benzene rings is 17. The number of pyridine rings is 2. The van der Waals surface area contributed by atoms with Crippen molar-refractivity contribution in [1.82, 2.24) is 23.3 Å². The molecule has 0 saturated carbocycles. The van der Waals surface area contributed by atoms with Gasteiger partial charge in [0.05, 0.1) is 33.1 Å². The summed E-state index contributed by atoms with van der Waals surface area (Å²) in [6.07, 6.45) is 4.25. The molecule has 1 aliphatic rings. The van der Waals surface area contributed by atoms with Gasteiger partial charge in [0.1, 0.15) is 11.3 Å². The van der Waals surface area contributed by atoms with Crippen LogP contribution in [-0.4, -0.2) is 23.3 Å². The predicted octanol–water partition coefficient (Wildman–Crippen LogP) is 27.4. The summed E-state index contributed by atoms with van der Waals surface area (Å²) in [7, 11) is 0. The van der Waals surface area contributed by atoms with Gasteiger partial charge in [-0.15, -0.1) is 0 Å². The topological polar surface area (TPSA) is 42.8 Å². The molecule has 5 heterocycles. The number of fused-ring (bicyclic) bond motifs is 26. The van der Waals surface area contributed by atoms with Crippen LogP contribution in [0, 0.1) is 0 Å². The van der Waals surface area contributed by atoms with Gasteiger partial charge in [0, 0.05) is 72.9 Å². The Morgan fingerprint density at radius 3 is 1.19 bits per heavy atom. The zero-order valence-electron chi connectivity index (χ0n) is 60.0. The normalized spacial score (nSPS) is 12.6. The van der Waals surface area contributed by atoms with E-state index in [0.29, 0.717) is 0 Å². The number of aromatic nitrogens is 5. The van der Waals surface area contributed by atoms with E-state index in [9.17, 15) is 0 Å². The van der Waals surface area contributed by atoms with Gasteiger partial charge in [-0.1, -0.05) is 281 Å². The second kappa shape index (κ2) is 24.4. The summed E-state index contributed by atoms with van der Waals surface area (Å²) in [6.45, 7) is 4.69. The van der Waals surface area contributed by atoms with Crippen molar-refractivity contribution in [3.8, 4) is 61.3 Å². The van der Waals surface area contributed by atoms with Gasteiger partial charge < -0.3 is 9.47 Å². The van der Waals surface area contributed by atoms with Crippen LogP contribution in [0.5, 0.6) is 0 Å². The summed E-state index contributed by atoms with van der Waals surface area (Å²) in [5.41, 5.74) is 28.3. The fourth-order valence-corrected chi connectivity index (χ4v) is 18.0. The largest absolute Gasteiger partial charge is 0.310 e. The zero-order valence-corrected chi connectivity index (χ0v) is 60.0. The van der Waals surface area contributed by atoms with E-state index in [1.54, 1.807) is 0 Å². The van der Waals surface area contributed by atoms with Crippen LogP contribution in [0.1, 0.15) is 25.0 Å². The van der Waals surface area contributed by atoms with E-state index in [1.165, 1.54) is 159 Å². The first-order valence-corrected chi connectivity index (χ1v) is 37.6. The molecule has 6 nitrogen and oxygen atoms in total. The Morgan fingerprint density at radius 2 is 0.661 bits per heavy atom. The highest BCUT2D eigenvalue weighted by Crippen LogP contribution is 2.52. The summed E-state index contributed by atoms with van der Waals surface area (Å²) in [5.74, 6) is 0. The summed E-state index contributed by atoms with van der Waals surface area (Å²) >= 11 is 0. The minimum atomic E-state index is -0.0726. The molecule has 510 valence electrons. The standard InChI is InChI=1S/C56H39N3.C47H29N3/c1-56(2)50-17-9-8-16-45(50)46-32-29-43(35-51(46)56)59(41-13-4-3-5-14-41)42-27-23-37(24-28-42)36-19-21-38(22-20-36)40-26-30-47-49(34-40)53-44-15-7-6-12-39(44)25-31-48(53)54-55(47)58-33-11-10-18-52(58)57-54;1-2-10-36-33(9-1)22-27-40-45(36)41-29-34(23-26-39(41)47-46(40)48-44-15-7-8-28-49(44)47)32-18-16-30(17-19-32)31-20-24-35(25-21-31)50-42-13-5-3-11-37(42)38-12-4-6-14-43(38)50/h3-35H,1-2H3;1-29H. The summed E-state index contributed by atoms with van der Waals surface area (Å²) < 4.78 is 6.83. The van der Waals surface area contributed by atoms with Crippen molar-refractivity contribution in [2.45, 2.75) is 19.3 Å². The van der Waals surface area contributed by atoms with E-state index in [2.05, 4.69) is 408 Å². The van der Waals surface area contributed by atoms with Crippen LogP contribution in [0.4, 0.5) is 17.1 Å². The number of hydrogen-bond acceptors (Lipinski definition) is 3. The molecule has 0 saturated heterocycles. The molecule has 0 N–H and O–H groups in total. The van der Waals surface area contributed by atoms with Crippen molar-refractivity contribution in [2.75, 3.05) is 4.90 Å². The maximum atomic E-state index is 5.15. The highest BCUT2D eigenvalue weighted by Gasteiger charge is 2.36. The molecule has 17 aromatic carbocycles. The number of nitrogens with zero attached hydrogens (tertiary/aromatic N) is 6. The lowest BCUT2D eigenvalue weighted by atomic mass is 9.82. The van der Waals surface area contributed by atoms with Crippen molar-refractivity contribution in [3.63, 3.8) is 0 Å². The second-order valence-corrected chi connectivity index (χ2v) is 29.6. The molecule has 0 amide bonds. The van der Waals surface area contributed by atoms with Crippen molar-refractivity contribution < 1.29 is 0 Å². The van der Waals surface area contributed by atoms with Crippen molar-refractivity contribution in [1.29, 1.82) is 0 Å². The molecule has 23 rings (SSSR count). The Hall–Kier alpha value is -14.2. The predicted molar refractivity (Wildman–Crippen MR) is 459 cm³/mol. The van der Waals surface area contributed by atoms with Gasteiger partial charge in [0.25, 0.3) is 0 Å². The van der Waals surface area contributed by atoms with Gasteiger partial charge in [-0.2, -0.15) is 0 Å². The van der Waals surface area contributed by atoms with Gasteiger partial charge in [0.2, 0.25) is 0 Å². The van der Waals surface area contributed by atoms with Crippen molar-refractivity contribution >= 4 is 137 Å². The van der Waals surface area contributed by atoms with E-state index in [4.69, 9.17) is 9.97 Å². The molecule has 22 aromatic rings. The van der Waals surface area contributed by atoms with Gasteiger partial charge >= 0.3 is 0 Å². The maximum Gasteiger partial charge on any atom is 0.137 e. The molecule has 0 atom stereocenters. The lowest BCUT2D eigenvalue weighted by molar-refractivity contribution is 0.660. The highest BCUT2D eigenvalue weighted by atomic mass is 15.1. The molecule has 0 unspecified atom stereocenters.